The Morgan fingerprint density at radius 1 is 0.903 bits per heavy atom. The second kappa shape index (κ2) is 11.2. The predicted molar refractivity (Wildman–Crippen MR) is 121 cm³/mol. The van der Waals surface area contributed by atoms with Gasteiger partial charge in [-0.2, -0.15) is 0 Å². The van der Waals surface area contributed by atoms with Gasteiger partial charge in [-0.1, -0.05) is 6.07 Å². The number of nitrogens with one attached hydrogen (secondary N) is 2. The quantitative estimate of drug-likeness (QED) is 0.553. The Hall–Kier alpha value is -3.22. The number of hydrogen-bond acceptors (Lipinski definition) is 6. The molecule has 0 saturated carbocycles. The SMILES string of the molecule is CCOC(=O)c1ccc(NCc2ccc(OCC(=O)NC(C)(C)C)c(OCC)c2)cc1. The number of esters is 1. The zero-order valence-corrected chi connectivity index (χ0v) is 18.9. The molecule has 7 heteroatoms. The number of benzene rings is 2. The smallest absolute Gasteiger partial charge is 0.338 e. The van der Waals surface area contributed by atoms with Gasteiger partial charge in [0.1, 0.15) is 0 Å². The molecule has 0 heterocycles. The first kappa shape index (κ1) is 24.1. The van der Waals surface area contributed by atoms with Crippen molar-refractivity contribution < 1.29 is 23.8 Å². The van der Waals surface area contributed by atoms with Crippen molar-refractivity contribution in [3.63, 3.8) is 0 Å². The van der Waals surface area contributed by atoms with Crippen LogP contribution in [0, 0.1) is 0 Å². The second-order valence-corrected chi connectivity index (χ2v) is 7.95. The fourth-order valence-corrected chi connectivity index (χ4v) is 2.79. The van der Waals surface area contributed by atoms with Gasteiger partial charge in [0.25, 0.3) is 5.91 Å². The average molecular weight is 429 g/mol. The molecule has 0 radical (unpaired) electrons. The molecule has 2 aromatic carbocycles. The van der Waals surface area contributed by atoms with Gasteiger partial charge >= 0.3 is 5.97 Å². The molecule has 168 valence electrons. The summed E-state index contributed by atoms with van der Waals surface area (Å²) in [6.45, 7) is 10.7. The molecule has 2 N–H and O–H groups in total. The summed E-state index contributed by atoms with van der Waals surface area (Å²) >= 11 is 0. The minimum Gasteiger partial charge on any atom is -0.490 e. The number of carbonyl (C=O) groups is 2. The number of carbonyl (C=O) groups excluding carboxylic acids is 2. The fourth-order valence-electron chi connectivity index (χ4n) is 2.79. The molecule has 7 nitrogen and oxygen atoms in total. The third-order valence-electron chi connectivity index (χ3n) is 4.07. The maximum absolute atomic E-state index is 12.0. The van der Waals surface area contributed by atoms with Crippen molar-refractivity contribution in [2.24, 2.45) is 0 Å². The molecule has 0 fully saturated rings. The van der Waals surface area contributed by atoms with Crippen LogP contribution < -0.4 is 20.1 Å². The fraction of sp³-hybridized carbons (Fsp3) is 0.417. The highest BCUT2D eigenvalue weighted by molar-refractivity contribution is 5.89. The van der Waals surface area contributed by atoms with Crippen molar-refractivity contribution in [2.45, 2.75) is 46.7 Å². The third-order valence-corrected chi connectivity index (χ3v) is 4.07. The highest BCUT2D eigenvalue weighted by Crippen LogP contribution is 2.29. The zero-order valence-electron chi connectivity index (χ0n) is 18.9. The number of ether oxygens (including phenoxy) is 3. The summed E-state index contributed by atoms with van der Waals surface area (Å²) in [6.07, 6.45) is 0. The number of rotatable bonds is 10. The minimum absolute atomic E-state index is 0.0816. The van der Waals surface area contributed by atoms with E-state index >= 15 is 0 Å². The Bertz CT molecular complexity index is 873. The lowest BCUT2D eigenvalue weighted by atomic mass is 10.1. The van der Waals surface area contributed by atoms with Crippen LogP contribution in [0.5, 0.6) is 11.5 Å². The van der Waals surface area contributed by atoms with Crippen LogP contribution in [0.15, 0.2) is 42.5 Å². The van der Waals surface area contributed by atoms with Crippen LogP contribution in [0.25, 0.3) is 0 Å². The Balaban J connectivity index is 1.98. The summed E-state index contributed by atoms with van der Waals surface area (Å²) in [6, 6.07) is 12.7. The summed E-state index contributed by atoms with van der Waals surface area (Å²) in [4.78, 5) is 23.8. The standard InChI is InChI=1S/C24H32N2O5/c1-6-29-21-14-17(8-13-20(21)31-16-22(27)26-24(3,4)5)15-25-19-11-9-18(10-12-19)23(28)30-7-2/h8-14,25H,6-7,15-16H2,1-5H3,(H,26,27). The predicted octanol–water partition coefficient (Wildman–Crippen LogP) is 4.17. The van der Waals surface area contributed by atoms with Gasteiger partial charge in [0.15, 0.2) is 18.1 Å². The topological polar surface area (TPSA) is 85.9 Å². The van der Waals surface area contributed by atoms with E-state index in [4.69, 9.17) is 14.2 Å². The molecular weight excluding hydrogens is 396 g/mol. The van der Waals surface area contributed by atoms with Crippen LogP contribution in [-0.4, -0.2) is 37.2 Å². The first-order valence-corrected chi connectivity index (χ1v) is 10.4. The summed E-state index contributed by atoms with van der Waals surface area (Å²) in [5.41, 5.74) is 2.07. The molecule has 0 unspecified atom stereocenters. The Kier molecular flexibility index (Phi) is 8.73. The van der Waals surface area contributed by atoms with Gasteiger partial charge in [-0.25, -0.2) is 4.79 Å². The Morgan fingerprint density at radius 3 is 2.23 bits per heavy atom. The van der Waals surface area contributed by atoms with E-state index in [1.54, 1.807) is 25.1 Å². The summed E-state index contributed by atoms with van der Waals surface area (Å²) < 4.78 is 16.4. The van der Waals surface area contributed by atoms with Crippen molar-refractivity contribution in [3.8, 4) is 11.5 Å². The molecule has 0 bridgehead atoms. The summed E-state index contributed by atoms with van der Waals surface area (Å²) in [5.74, 6) is 0.589. The molecule has 31 heavy (non-hydrogen) atoms. The highest BCUT2D eigenvalue weighted by atomic mass is 16.5. The molecule has 0 aromatic heterocycles. The van der Waals surface area contributed by atoms with E-state index in [2.05, 4.69) is 10.6 Å². The summed E-state index contributed by atoms with van der Waals surface area (Å²) in [5, 5.41) is 6.18. The number of amides is 1. The van der Waals surface area contributed by atoms with Crippen LogP contribution in [0.2, 0.25) is 0 Å². The molecule has 0 aliphatic rings. The van der Waals surface area contributed by atoms with Crippen molar-refractivity contribution in [1.82, 2.24) is 5.32 Å². The molecule has 0 aliphatic heterocycles. The number of hydrogen-bond donors (Lipinski definition) is 2. The van der Waals surface area contributed by atoms with E-state index in [-0.39, 0.29) is 24.0 Å². The van der Waals surface area contributed by atoms with Crippen molar-refractivity contribution >= 4 is 17.6 Å². The van der Waals surface area contributed by atoms with E-state index in [0.717, 1.165) is 11.3 Å². The first-order chi connectivity index (χ1) is 14.7. The van der Waals surface area contributed by atoms with E-state index < -0.39 is 0 Å². The molecule has 1 amide bonds. The first-order valence-electron chi connectivity index (χ1n) is 10.4. The molecule has 0 saturated heterocycles. The van der Waals surface area contributed by atoms with Gasteiger partial charge in [0.2, 0.25) is 0 Å². The van der Waals surface area contributed by atoms with Crippen LogP contribution >= 0.6 is 0 Å². The monoisotopic (exact) mass is 428 g/mol. The van der Waals surface area contributed by atoms with Gasteiger partial charge in [0, 0.05) is 17.8 Å². The molecule has 2 aromatic rings. The highest BCUT2D eigenvalue weighted by Gasteiger charge is 2.15. The molecular formula is C24H32N2O5. The maximum atomic E-state index is 12.0. The van der Waals surface area contributed by atoms with E-state index in [0.29, 0.717) is 36.8 Å². The van der Waals surface area contributed by atoms with Crippen molar-refractivity contribution in [3.05, 3.63) is 53.6 Å². The van der Waals surface area contributed by atoms with E-state index in [1.165, 1.54) is 0 Å². The van der Waals surface area contributed by atoms with Gasteiger partial charge < -0.3 is 24.8 Å². The maximum Gasteiger partial charge on any atom is 0.338 e. The summed E-state index contributed by atoms with van der Waals surface area (Å²) in [7, 11) is 0. The van der Waals surface area contributed by atoms with Crippen molar-refractivity contribution in [1.29, 1.82) is 0 Å². The normalized spacial score (nSPS) is 10.9. The Labute approximate surface area is 184 Å². The lowest BCUT2D eigenvalue weighted by Crippen LogP contribution is -2.43. The number of anilines is 1. The van der Waals surface area contributed by atoms with Crippen LogP contribution in [0.1, 0.15) is 50.5 Å². The minimum atomic E-state index is -0.331. The van der Waals surface area contributed by atoms with Gasteiger partial charge in [-0.3, -0.25) is 4.79 Å². The van der Waals surface area contributed by atoms with Gasteiger partial charge in [-0.15, -0.1) is 0 Å². The lowest BCUT2D eigenvalue weighted by Gasteiger charge is -2.21. The van der Waals surface area contributed by atoms with E-state index in [1.807, 2.05) is 52.0 Å². The Morgan fingerprint density at radius 2 is 1.61 bits per heavy atom. The van der Waals surface area contributed by atoms with Crippen LogP contribution in [0.3, 0.4) is 0 Å². The molecule has 2 rings (SSSR count). The average Bonchev–Trinajstić information content (AvgIpc) is 2.71. The third kappa shape index (κ3) is 8.20. The van der Waals surface area contributed by atoms with E-state index in [9.17, 15) is 9.59 Å². The lowest BCUT2D eigenvalue weighted by molar-refractivity contribution is -0.124. The zero-order chi connectivity index (χ0) is 22.9. The largest absolute Gasteiger partial charge is 0.490 e. The van der Waals surface area contributed by atoms with Crippen molar-refractivity contribution in [2.75, 3.05) is 25.1 Å². The molecule has 0 atom stereocenters. The van der Waals surface area contributed by atoms with Crippen LogP contribution in [-0.2, 0) is 16.1 Å². The van der Waals surface area contributed by atoms with Crippen LogP contribution in [0.4, 0.5) is 5.69 Å². The molecule has 0 aliphatic carbocycles. The molecule has 0 spiro atoms. The second-order valence-electron chi connectivity index (χ2n) is 7.95. The van der Waals surface area contributed by atoms with Gasteiger partial charge in [-0.05, 0) is 76.6 Å². The van der Waals surface area contributed by atoms with Gasteiger partial charge in [0.05, 0.1) is 18.8 Å².